The average molecular weight is 279 g/mol. The fourth-order valence-corrected chi connectivity index (χ4v) is 3.75. The second-order valence-electron chi connectivity index (χ2n) is 4.75. The fraction of sp³-hybridized carbons (Fsp3) is 0.462. The first-order chi connectivity index (χ1) is 9.03. The molecule has 1 saturated heterocycles. The van der Waals surface area contributed by atoms with E-state index in [1.165, 1.54) is 4.31 Å². The van der Waals surface area contributed by atoms with Crippen molar-refractivity contribution in [2.75, 3.05) is 11.3 Å². The van der Waals surface area contributed by atoms with Gasteiger partial charge in [0.05, 0.1) is 11.6 Å². The van der Waals surface area contributed by atoms with Gasteiger partial charge >= 0.3 is 10.2 Å². The minimum absolute atomic E-state index is 0.0321. The van der Waals surface area contributed by atoms with Crippen molar-refractivity contribution < 1.29 is 8.42 Å². The highest BCUT2D eigenvalue weighted by atomic mass is 32.2. The number of hydrogen-bond donors (Lipinski definition) is 1. The molecule has 2 rings (SSSR count). The largest absolute Gasteiger partial charge is 0.301 e. The molecule has 1 atom stereocenters. The van der Waals surface area contributed by atoms with E-state index >= 15 is 0 Å². The maximum absolute atomic E-state index is 12.3. The van der Waals surface area contributed by atoms with Crippen LogP contribution in [0.4, 0.5) is 5.69 Å². The molecule has 0 bridgehead atoms. The number of piperidine rings is 1. The number of hydrogen-bond acceptors (Lipinski definition) is 3. The van der Waals surface area contributed by atoms with E-state index in [1.54, 1.807) is 24.3 Å². The summed E-state index contributed by atoms with van der Waals surface area (Å²) in [5.74, 6) is 0. The van der Waals surface area contributed by atoms with Crippen LogP contribution in [0.25, 0.3) is 0 Å². The van der Waals surface area contributed by atoms with Crippen LogP contribution in [0.15, 0.2) is 24.3 Å². The molecule has 1 heterocycles. The van der Waals surface area contributed by atoms with Crippen LogP contribution in [-0.2, 0) is 10.2 Å². The van der Waals surface area contributed by atoms with Crippen molar-refractivity contribution in [1.29, 1.82) is 5.26 Å². The van der Waals surface area contributed by atoms with Crippen LogP contribution in [0.1, 0.15) is 31.7 Å². The molecule has 5 nitrogen and oxygen atoms in total. The summed E-state index contributed by atoms with van der Waals surface area (Å²) in [7, 11) is -3.50. The quantitative estimate of drug-likeness (QED) is 0.920. The molecule has 6 heteroatoms. The van der Waals surface area contributed by atoms with Gasteiger partial charge in [-0.05, 0) is 44.0 Å². The Morgan fingerprint density at radius 1 is 1.32 bits per heavy atom. The standard InChI is InChI=1S/C13H17N3O2S/c1-11-4-2-3-9-16(11)19(17,18)15-13-7-5-12(10-14)6-8-13/h5-8,11,15H,2-4,9H2,1H3. The summed E-state index contributed by atoms with van der Waals surface area (Å²) in [6.07, 6.45) is 2.87. The van der Waals surface area contributed by atoms with E-state index in [2.05, 4.69) is 4.72 Å². The zero-order valence-electron chi connectivity index (χ0n) is 10.8. The molecule has 1 aliphatic heterocycles. The second-order valence-corrected chi connectivity index (χ2v) is 6.38. The number of anilines is 1. The smallest absolute Gasteiger partial charge is 0.271 e. The molecule has 0 aliphatic carbocycles. The van der Waals surface area contributed by atoms with Crippen molar-refractivity contribution >= 4 is 15.9 Å². The van der Waals surface area contributed by atoms with Crippen LogP contribution < -0.4 is 4.72 Å². The van der Waals surface area contributed by atoms with Crippen LogP contribution in [0.3, 0.4) is 0 Å². The third-order valence-corrected chi connectivity index (χ3v) is 4.97. The number of benzene rings is 1. The lowest BCUT2D eigenvalue weighted by Gasteiger charge is -2.32. The normalized spacial score (nSPS) is 20.7. The second kappa shape index (κ2) is 5.59. The number of rotatable bonds is 3. The van der Waals surface area contributed by atoms with Gasteiger partial charge in [-0.25, -0.2) is 0 Å². The Kier molecular flexibility index (Phi) is 4.08. The molecule has 0 saturated carbocycles. The molecule has 0 spiro atoms. The Bertz CT molecular complexity index is 575. The molecule has 102 valence electrons. The molecule has 1 aromatic carbocycles. The first kappa shape index (κ1) is 13.8. The van der Waals surface area contributed by atoms with Crippen molar-refractivity contribution in [1.82, 2.24) is 4.31 Å². The van der Waals surface area contributed by atoms with Gasteiger partial charge in [0, 0.05) is 18.3 Å². The zero-order valence-corrected chi connectivity index (χ0v) is 11.7. The summed E-state index contributed by atoms with van der Waals surface area (Å²) < 4.78 is 28.6. The molecule has 1 unspecified atom stereocenters. The van der Waals surface area contributed by atoms with Gasteiger partial charge in [0.25, 0.3) is 0 Å². The summed E-state index contributed by atoms with van der Waals surface area (Å²) in [6.45, 7) is 2.49. The van der Waals surface area contributed by atoms with Crippen molar-refractivity contribution in [3.8, 4) is 6.07 Å². The predicted molar refractivity (Wildman–Crippen MR) is 73.7 cm³/mol. The van der Waals surface area contributed by atoms with Crippen LogP contribution in [-0.4, -0.2) is 25.3 Å². The average Bonchev–Trinajstić information content (AvgIpc) is 2.39. The van der Waals surface area contributed by atoms with E-state index in [0.29, 0.717) is 17.8 Å². The Labute approximate surface area is 114 Å². The van der Waals surface area contributed by atoms with Crippen LogP contribution >= 0.6 is 0 Å². The van der Waals surface area contributed by atoms with Gasteiger partial charge in [-0.15, -0.1) is 0 Å². The number of nitrogens with one attached hydrogen (secondary N) is 1. The van der Waals surface area contributed by atoms with Gasteiger partial charge in [-0.2, -0.15) is 18.0 Å². The van der Waals surface area contributed by atoms with Crippen LogP contribution in [0.2, 0.25) is 0 Å². The van der Waals surface area contributed by atoms with Crippen molar-refractivity contribution in [2.45, 2.75) is 32.2 Å². The number of nitriles is 1. The Hall–Kier alpha value is -1.58. The molecule has 1 fully saturated rings. The SMILES string of the molecule is CC1CCCCN1S(=O)(=O)Nc1ccc(C#N)cc1. The van der Waals surface area contributed by atoms with E-state index in [4.69, 9.17) is 5.26 Å². The van der Waals surface area contributed by atoms with E-state index in [1.807, 2.05) is 13.0 Å². The van der Waals surface area contributed by atoms with E-state index < -0.39 is 10.2 Å². The van der Waals surface area contributed by atoms with Crippen LogP contribution in [0, 0.1) is 11.3 Å². The van der Waals surface area contributed by atoms with Crippen molar-refractivity contribution in [3.05, 3.63) is 29.8 Å². The summed E-state index contributed by atoms with van der Waals surface area (Å²) in [6, 6.07) is 8.43. The molecule has 0 radical (unpaired) electrons. The van der Waals surface area contributed by atoms with Crippen LogP contribution in [0.5, 0.6) is 0 Å². The minimum Gasteiger partial charge on any atom is -0.271 e. The lowest BCUT2D eigenvalue weighted by atomic mass is 10.1. The van der Waals surface area contributed by atoms with E-state index in [9.17, 15) is 8.42 Å². The highest BCUT2D eigenvalue weighted by molar-refractivity contribution is 7.90. The topological polar surface area (TPSA) is 73.2 Å². The van der Waals surface area contributed by atoms with Gasteiger partial charge < -0.3 is 0 Å². The Morgan fingerprint density at radius 2 is 2.00 bits per heavy atom. The lowest BCUT2D eigenvalue weighted by molar-refractivity contribution is 0.270. The first-order valence-electron chi connectivity index (χ1n) is 6.33. The molecule has 0 amide bonds. The molecule has 19 heavy (non-hydrogen) atoms. The lowest BCUT2D eigenvalue weighted by Crippen LogP contribution is -2.44. The summed E-state index contributed by atoms with van der Waals surface area (Å²) >= 11 is 0. The number of nitrogens with zero attached hydrogens (tertiary/aromatic N) is 2. The zero-order chi connectivity index (χ0) is 13.9. The van der Waals surface area contributed by atoms with E-state index in [0.717, 1.165) is 19.3 Å². The first-order valence-corrected chi connectivity index (χ1v) is 7.77. The van der Waals surface area contributed by atoms with Gasteiger partial charge in [-0.1, -0.05) is 6.42 Å². The minimum atomic E-state index is -3.50. The predicted octanol–water partition coefficient (Wildman–Crippen LogP) is 2.09. The monoisotopic (exact) mass is 279 g/mol. The van der Waals surface area contributed by atoms with Gasteiger partial charge in [0.2, 0.25) is 0 Å². The molecule has 1 N–H and O–H groups in total. The highest BCUT2D eigenvalue weighted by Crippen LogP contribution is 2.21. The third kappa shape index (κ3) is 3.25. The van der Waals surface area contributed by atoms with Crippen molar-refractivity contribution in [2.24, 2.45) is 0 Å². The van der Waals surface area contributed by atoms with Gasteiger partial charge in [-0.3, -0.25) is 4.72 Å². The molecule has 1 aliphatic rings. The maximum atomic E-state index is 12.3. The van der Waals surface area contributed by atoms with E-state index in [-0.39, 0.29) is 6.04 Å². The molecular weight excluding hydrogens is 262 g/mol. The molecular formula is C13H17N3O2S. The third-order valence-electron chi connectivity index (χ3n) is 3.31. The molecule has 1 aromatic rings. The Morgan fingerprint density at radius 3 is 2.58 bits per heavy atom. The summed E-state index contributed by atoms with van der Waals surface area (Å²) in [5, 5.41) is 8.70. The van der Waals surface area contributed by atoms with Crippen molar-refractivity contribution in [3.63, 3.8) is 0 Å². The maximum Gasteiger partial charge on any atom is 0.301 e. The molecule has 0 aromatic heterocycles. The highest BCUT2D eigenvalue weighted by Gasteiger charge is 2.29. The summed E-state index contributed by atoms with van der Waals surface area (Å²) in [4.78, 5) is 0. The summed E-state index contributed by atoms with van der Waals surface area (Å²) in [5.41, 5.74) is 0.992. The fourth-order valence-electron chi connectivity index (χ4n) is 2.25. The van der Waals surface area contributed by atoms with Gasteiger partial charge in [0.15, 0.2) is 0 Å². The Balaban J connectivity index is 2.14. The van der Waals surface area contributed by atoms with Gasteiger partial charge in [0.1, 0.15) is 0 Å².